The predicted octanol–water partition coefficient (Wildman–Crippen LogP) is 1.68. The lowest BCUT2D eigenvalue weighted by molar-refractivity contribution is -0.118. The zero-order valence-corrected chi connectivity index (χ0v) is 18.3. The number of sulfonamides is 1. The molecule has 162 valence electrons. The minimum atomic E-state index is -3.67. The summed E-state index contributed by atoms with van der Waals surface area (Å²) in [6, 6.07) is 7.55. The van der Waals surface area contributed by atoms with Gasteiger partial charge in [-0.25, -0.2) is 12.7 Å². The molecule has 0 fully saturated rings. The van der Waals surface area contributed by atoms with Gasteiger partial charge in [0.1, 0.15) is 0 Å². The number of para-hydroxylation sites is 1. The van der Waals surface area contributed by atoms with Crippen LogP contribution in [-0.2, 0) is 14.8 Å². The summed E-state index contributed by atoms with van der Waals surface area (Å²) in [5.41, 5.74) is 7.20. The van der Waals surface area contributed by atoms with Crippen LogP contribution in [0.2, 0.25) is 0 Å². The summed E-state index contributed by atoms with van der Waals surface area (Å²) in [7, 11) is 0.589. The average Bonchev–Trinajstić information content (AvgIpc) is 2.68. The fraction of sp³-hybridized carbons (Fsp3) is 0.300. The molecular formula is C20H25N3O6S. The number of ether oxygens (including phenoxy) is 2. The summed E-state index contributed by atoms with van der Waals surface area (Å²) in [6.07, 6.45) is 0. The number of methoxy groups -OCH3 is 1. The van der Waals surface area contributed by atoms with Crippen LogP contribution in [0.25, 0.3) is 0 Å². The van der Waals surface area contributed by atoms with Gasteiger partial charge < -0.3 is 20.5 Å². The Kier molecular flexibility index (Phi) is 7.06. The molecule has 10 heteroatoms. The van der Waals surface area contributed by atoms with Crippen molar-refractivity contribution >= 4 is 27.5 Å². The number of nitrogens with zero attached hydrogens (tertiary/aromatic N) is 1. The van der Waals surface area contributed by atoms with Crippen molar-refractivity contribution in [3.8, 4) is 11.5 Å². The summed E-state index contributed by atoms with van der Waals surface area (Å²) in [6.45, 7) is 3.08. The number of carbonyl (C=O) groups excluding carboxylic acids is 2. The third-order valence-corrected chi connectivity index (χ3v) is 6.30. The van der Waals surface area contributed by atoms with Gasteiger partial charge in [-0.15, -0.1) is 0 Å². The lowest BCUT2D eigenvalue weighted by Crippen LogP contribution is -2.24. The zero-order chi connectivity index (χ0) is 22.6. The van der Waals surface area contributed by atoms with Crippen LogP contribution in [0.4, 0.5) is 5.69 Å². The number of rotatable bonds is 8. The van der Waals surface area contributed by atoms with E-state index in [1.54, 1.807) is 32.0 Å². The molecule has 0 aliphatic heterocycles. The van der Waals surface area contributed by atoms with E-state index in [-0.39, 0.29) is 22.0 Å². The lowest BCUT2D eigenvalue weighted by atomic mass is 10.1. The number of anilines is 1. The first-order valence-corrected chi connectivity index (χ1v) is 10.4. The van der Waals surface area contributed by atoms with E-state index < -0.39 is 28.4 Å². The summed E-state index contributed by atoms with van der Waals surface area (Å²) >= 11 is 0. The fourth-order valence-corrected chi connectivity index (χ4v) is 3.67. The standard InChI is InChI=1S/C20H25N3O6S/c1-12-9-14(30(26,27)23(3)4)10-16(13(12)2)22-18(24)11-29-19-15(20(21)25)7-6-8-17(19)28-5/h6-10H,11H2,1-5H3,(H2,21,25)(H,22,24). The molecule has 9 nitrogen and oxygen atoms in total. The summed E-state index contributed by atoms with van der Waals surface area (Å²) in [5, 5.41) is 2.65. The molecule has 0 saturated heterocycles. The number of carbonyl (C=O) groups is 2. The van der Waals surface area contributed by atoms with Crippen LogP contribution in [0, 0.1) is 13.8 Å². The minimum absolute atomic E-state index is 0.0551. The van der Waals surface area contributed by atoms with Gasteiger partial charge in [-0.2, -0.15) is 0 Å². The molecular weight excluding hydrogens is 410 g/mol. The van der Waals surface area contributed by atoms with Crippen molar-refractivity contribution < 1.29 is 27.5 Å². The van der Waals surface area contributed by atoms with Gasteiger partial charge in [0.05, 0.1) is 17.6 Å². The molecule has 0 unspecified atom stereocenters. The number of primary amides is 1. The van der Waals surface area contributed by atoms with Crippen LogP contribution in [0.5, 0.6) is 11.5 Å². The molecule has 2 aromatic rings. The van der Waals surface area contributed by atoms with Gasteiger partial charge in [0, 0.05) is 19.8 Å². The minimum Gasteiger partial charge on any atom is -0.493 e. The number of aryl methyl sites for hydroxylation is 1. The van der Waals surface area contributed by atoms with Gasteiger partial charge >= 0.3 is 0 Å². The summed E-state index contributed by atoms with van der Waals surface area (Å²) in [4.78, 5) is 24.2. The zero-order valence-electron chi connectivity index (χ0n) is 17.5. The normalized spacial score (nSPS) is 11.3. The van der Waals surface area contributed by atoms with Crippen molar-refractivity contribution in [1.29, 1.82) is 0 Å². The monoisotopic (exact) mass is 435 g/mol. The first-order valence-electron chi connectivity index (χ1n) is 8.92. The Bertz CT molecular complexity index is 1080. The lowest BCUT2D eigenvalue weighted by Gasteiger charge is -2.17. The van der Waals surface area contributed by atoms with E-state index in [0.29, 0.717) is 11.3 Å². The third-order valence-electron chi connectivity index (χ3n) is 4.51. The van der Waals surface area contributed by atoms with Crippen molar-refractivity contribution in [2.75, 3.05) is 33.1 Å². The molecule has 2 rings (SSSR count). The van der Waals surface area contributed by atoms with E-state index in [1.807, 2.05) is 0 Å². The van der Waals surface area contributed by atoms with E-state index in [4.69, 9.17) is 15.2 Å². The van der Waals surface area contributed by atoms with Gasteiger partial charge in [0.15, 0.2) is 18.1 Å². The maximum absolute atomic E-state index is 12.5. The highest BCUT2D eigenvalue weighted by Crippen LogP contribution is 2.31. The van der Waals surface area contributed by atoms with Crippen LogP contribution in [-0.4, -0.2) is 52.3 Å². The molecule has 3 N–H and O–H groups in total. The topological polar surface area (TPSA) is 128 Å². The number of benzene rings is 2. The first-order chi connectivity index (χ1) is 14.0. The summed E-state index contributed by atoms with van der Waals surface area (Å²) in [5.74, 6) is -0.958. The first kappa shape index (κ1) is 23.2. The second-order valence-electron chi connectivity index (χ2n) is 6.74. The quantitative estimate of drug-likeness (QED) is 0.649. The van der Waals surface area contributed by atoms with E-state index >= 15 is 0 Å². The molecule has 0 aromatic heterocycles. The maximum atomic E-state index is 12.5. The van der Waals surface area contributed by atoms with Crippen LogP contribution < -0.4 is 20.5 Å². The molecule has 0 heterocycles. The highest BCUT2D eigenvalue weighted by molar-refractivity contribution is 7.89. The molecule has 0 aliphatic rings. The molecule has 30 heavy (non-hydrogen) atoms. The van der Waals surface area contributed by atoms with Crippen LogP contribution in [0.3, 0.4) is 0 Å². The molecule has 0 aliphatic carbocycles. The molecule has 0 atom stereocenters. The predicted molar refractivity (Wildman–Crippen MR) is 112 cm³/mol. The number of hydrogen-bond acceptors (Lipinski definition) is 6. The average molecular weight is 436 g/mol. The molecule has 0 radical (unpaired) electrons. The molecule has 0 spiro atoms. The Morgan fingerprint density at radius 1 is 1.17 bits per heavy atom. The number of nitrogens with two attached hydrogens (primary N) is 1. The van der Waals surface area contributed by atoms with Crippen molar-refractivity contribution in [2.45, 2.75) is 18.7 Å². The highest BCUT2D eigenvalue weighted by atomic mass is 32.2. The Morgan fingerprint density at radius 2 is 1.83 bits per heavy atom. The fourth-order valence-electron chi connectivity index (χ4n) is 2.66. The molecule has 0 saturated carbocycles. The second kappa shape index (κ2) is 9.14. The van der Waals surface area contributed by atoms with Crippen molar-refractivity contribution in [3.05, 3.63) is 47.0 Å². The van der Waals surface area contributed by atoms with Crippen LogP contribution in [0.15, 0.2) is 35.2 Å². The molecule has 2 aromatic carbocycles. The number of nitrogens with one attached hydrogen (secondary N) is 1. The summed E-state index contributed by atoms with van der Waals surface area (Å²) < 4.78 is 36.6. The highest BCUT2D eigenvalue weighted by Gasteiger charge is 2.21. The SMILES string of the molecule is COc1cccc(C(N)=O)c1OCC(=O)Nc1cc(S(=O)(=O)N(C)C)cc(C)c1C. The number of hydrogen-bond donors (Lipinski definition) is 2. The van der Waals surface area contributed by atoms with Gasteiger partial charge in [-0.05, 0) is 49.2 Å². The molecule has 0 bridgehead atoms. The van der Waals surface area contributed by atoms with Crippen molar-refractivity contribution in [1.82, 2.24) is 4.31 Å². The second-order valence-corrected chi connectivity index (χ2v) is 8.89. The van der Waals surface area contributed by atoms with Crippen molar-refractivity contribution in [2.24, 2.45) is 5.73 Å². The Labute approximate surface area is 175 Å². The van der Waals surface area contributed by atoms with Crippen LogP contribution in [0.1, 0.15) is 21.5 Å². The number of amides is 2. The molecule has 2 amide bonds. The van der Waals surface area contributed by atoms with E-state index in [2.05, 4.69) is 5.32 Å². The van der Waals surface area contributed by atoms with Gasteiger partial charge in [-0.1, -0.05) is 6.07 Å². The van der Waals surface area contributed by atoms with E-state index in [1.165, 1.54) is 33.3 Å². The largest absolute Gasteiger partial charge is 0.493 e. The van der Waals surface area contributed by atoms with E-state index in [9.17, 15) is 18.0 Å². The van der Waals surface area contributed by atoms with E-state index in [0.717, 1.165) is 9.87 Å². The van der Waals surface area contributed by atoms with Gasteiger partial charge in [0.2, 0.25) is 10.0 Å². The third kappa shape index (κ3) is 4.89. The smallest absolute Gasteiger partial charge is 0.262 e. The van der Waals surface area contributed by atoms with Crippen molar-refractivity contribution in [3.63, 3.8) is 0 Å². The maximum Gasteiger partial charge on any atom is 0.262 e. The van der Waals surface area contributed by atoms with Crippen LogP contribution >= 0.6 is 0 Å². The Morgan fingerprint density at radius 3 is 2.40 bits per heavy atom. The Balaban J connectivity index is 2.26. The van der Waals surface area contributed by atoms with Gasteiger partial charge in [0.25, 0.3) is 11.8 Å². The Hall–Kier alpha value is -3.11. The van der Waals surface area contributed by atoms with Gasteiger partial charge in [-0.3, -0.25) is 9.59 Å².